The maximum atomic E-state index is 12.5. The smallest absolute Gasteiger partial charge is 0.251 e. The number of hydrogen-bond donors (Lipinski definition) is 1. The van der Waals surface area contributed by atoms with Crippen molar-refractivity contribution in [1.82, 2.24) is 15.1 Å². The number of carbonyl (C=O) groups excluding carboxylic acids is 1. The molecule has 0 saturated carbocycles. The second-order valence-corrected chi connectivity index (χ2v) is 8.62. The van der Waals surface area contributed by atoms with Gasteiger partial charge in [-0.15, -0.1) is 0 Å². The van der Waals surface area contributed by atoms with Crippen LogP contribution in [-0.4, -0.2) is 36.4 Å². The number of hydrogen-bond acceptors (Lipinski definition) is 4. The van der Waals surface area contributed by atoms with Crippen LogP contribution in [-0.2, 0) is 16.6 Å². The molecule has 3 aromatic rings. The Bertz CT molecular complexity index is 1090. The number of amides is 1. The van der Waals surface area contributed by atoms with Crippen molar-refractivity contribution in [3.05, 3.63) is 78.1 Å². The monoisotopic (exact) mass is 396 g/mol. The van der Waals surface area contributed by atoms with Crippen LogP contribution in [0.25, 0.3) is 5.69 Å². The summed E-state index contributed by atoms with van der Waals surface area (Å²) in [5, 5.41) is 7.17. The summed E-state index contributed by atoms with van der Waals surface area (Å²) in [7, 11) is -3.27. The van der Waals surface area contributed by atoms with Crippen LogP contribution in [0.4, 0.5) is 5.69 Å². The zero-order valence-electron chi connectivity index (χ0n) is 15.2. The molecule has 144 valence electrons. The molecule has 28 heavy (non-hydrogen) atoms. The van der Waals surface area contributed by atoms with Crippen molar-refractivity contribution in [3.8, 4) is 5.69 Å². The lowest BCUT2D eigenvalue weighted by atomic mass is 10.2. The van der Waals surface area contributed by atoms with Crippen LogP contribution in [0, 0.1) is 0 Å². The normalized spacial score (nSPS) is 15.5. The lowest BCUT2D eigenvalue weighted by molar-refractivity contribution is 0.0951. The number of rotatable bonds is 5. The summed E-state index contributed by atoms with van der Waals surface area (Å²) in [6.07, 6.45) is 4.17. The van der Waals surface area contributed by atoms with Crippen molar-refractivity contribution in [1.29, 1.82) is 0 Å². The average molecular weight is 396 g/mol. The fourth-order valence-electron chi connectivity index (χ4n) is 3.19. The molecule has 2 aromatic carbocycles. The molecule has 1 aliphatic heterocycles. The number of para-hydroxylation sites is 1. The van der Waals surface area contributed by atoms with Crippen LogP contribution >= 0.6 is 0 Å². The highest BCUT2D eigenvalue weighted by Gasteiger charge is 2.28. The van der Waals surface area contributed by atoms with Crippen LogP contribution in [0.1, 0.15) is 22.3 Å². The van der Waals surface area contributed by atoms with Crippen LogP contribution in [0.5, 0.6) is 0 Å². The minimum Gasteiger partial charge on any atom is -0.348 e. The second kappa shape index (κ2) is 7.47. The van der Waals surface area contributed by atoms with E-state index in [-0.39, 0.29) is 11.7 Å². The highest BCUT2D eigenvalue weighted by atomic mass is 32.2. The highest BCUT2D eigenvalue weighted by molar-refractivity contribution is 7.93. The predicted octanol–water partition coefficient (Wildman–Crippen LogP) is 2.34. The molecule has 1 aliphatic rings. The largest absolute Gasteiger partial charge is 0.348 e. The predicted molar refractivity (Wildman–Crippen MR) is 107 cm³/mol. The third kappa shape index (κ3) is 3.77. The Labute approximate surface area is 163 Å². The Morgan fingerprint density at radius 2 is 1.86 bits per heavy atom. The van der Waals surface area contributed by atoms with E-state index in [4.69, 9.17) is 0 Å². The van der Waals surface area contributed by atoms with E-state index in [1.54, 1.807) is 35.1 Å². The van der Waals surface area contributed by atoms with E-state index in [1.165, 1.54) is 4.31 Å². The summed E-state index contributed by atoms with van der Waals surface area (Å²) < 4.78 is 27.3. The van der Waals surface area contributed by atoms with Crippen molar-refractivity contribution >= 4 is 21.6 Å². The summed E-state index contributed by atoms with van der Waals surface area (Å²) in [5.74, 6) is -0.111. The van der Waals surface area contributed by atoms with E-state index in [9.17, 15) is 13.2 Å². The summed E-state index contributed by atoms with van der Waals surface area (Å²) >= 11 is 0. The summed E-state index contributed by atoms with van der Waals surface area (Å²) in [5.41, 5.74) is 2.77. The minimum atomic E-state index is -3.27. The van der Waals surface area contributed by atoms with Gasteiger partial charge in [0, 0.05) is 30.4 Å². The van der Waals surface area contributed by atoms with Crippen molar-refractivity contribution in [2.75, 3.05) is 16.6 Å². The Hall–Kier alpha value is -3.13. The molecule has 1 fully saturated rings. The van der Waals surface area contributed by atoms with Crippen LogP contribution in [0.2, 0.25) is 0 Å². The summed E-state index contributed by atoms with van der Waals surface area (Å²) in [6.45, 7) is 0.782. The number of benzene rings is 2. The lowest BCUT2D eigenvalue weighted by Gasteiger charge is -2.17. The van der Waals surface area contributed by atoms with Crippen molar-refractivity contribution in [2.24, 2.45) is 0 Å². The first-order valence-corrected chi connectivity index (χ1v) is 10.6. The fraction of sp³-hybridized carbons (Fsp3) is 0.200. The molecule has 1 amide bonds. The topological polar surface area (TPSA) is 84.3 Å². The zero-order valence-corrected chi connectivity index (χ0v) is 16.0. The summed E-state index contributed by atoms with van der Waals surface area (Å²) in [6, 6.07) is 16.4. The van der Waals surface area contributed by atoms with Crippen LogP contribution < -0.4 is 9.62 Å². The molecule has 8 heteroatoms. The van der Waals surface area contributed by atoms with E-state index in [0.29, 0.717) is 30.8 Å². The molecule has 4 rings (SSSR count). The first-order valence-electron chi connectivity index (χ1n) is 9.01. The number of nitrogens with one attached hydrogen (secondary N) is 1. The van der Waals surface area contributed by atoms with Gasteiger partial charge in [-0.1, -0.05) is 24.3 Å². The molecule has 1 saturated heterocycles. The molecular weight excluding hydrogens is 376 g/mol. The van der Waals surface area contributed by atoms with Crippen molar-refractivity contribution < 1.29 is 13.2 Å². The van der Waals surface area contributed by atoms with E-state index < -0.39 is 10.0 Å². The molecule has 7 nitrogen and oxygen atoms in total. The van der Waals surface area contributed by atoms with Gasteiger partial charge in [0.1, 0.15) is 0 Å². The molecule has 1 aromatic heterocycles. The number of carbonyl (C=O) groups is 1. The molecule has 0 atom stereocenters. The molecule has 0 radical (unpaired) electrons. The summed E-state index contributed by atoms with van der Waals surface area (Å²) in [4.78, 5) is 12.5. The van der Waals surface area contributed by atoms with Gasteiger partial charge in [-0.05, 0) is 36.8 Å². The molecule has 0 spiro atoms. The first kappa shape index (κ1) is 18.2. The average Bonchev–Trinajstić information content (AvgIpc) is 3.33. The van der Waals surface area contributed by atoms with Gasteiger partial charge >= 0.3 is 0 Å². The Balaban J connectivity index is 1.43. The highest BCUT2D eigenvalue weighted by Crippen LogP contribution is 2.24. The number of sulfonamides is 1. The molecule has 0 unspecified atom stereocenters. The molecule has 0 bridgehead atoms. The Morgan fingerprint density at radius 3 is 2.61 bits per heavy atom. The number of nitrogens with zero attached hydrogens (tertiary/aromatic N) is 3. The maximum Gasteiger partial charge on any atom is 0.251 e. The van der Waals surface area contributed by atoms with Crippen molar-refractivity contribution in [2.45, 2.75) is 13.0 Å². The van der Waals surface area contributed by atoms with Gasteiger partial charge in [-0.25, -0.2) is 13.1 Å². The number of aromatic nitrogens is 2. The first-order chi connectivity index (χ1) is 13.5. The van der Waals surface area contributed by atoms with E-state index in [1.807, 2.05) is 36.5 Å². The van der Waals surface area contributed by atoms with Crippen LogP contribution in [0.3, 0.4) is 0 Å². The van der Waals surface area contributed by atoms with Gasteiger partial charge in [-0.3, -0.25) is 9.10 Å². The maximum absolute atomic E-state index is 12.5. The second-order valence-electron chi connectivity index (χ2n) is 6.60. The zero-order chi connectivity index (χ0) is 19.6. The minimum absolute atomic E-state index is 0.148. The van der Waals surface area contributed by atoms with Gasteiger partial charge in [0.05, 0.1) is 23.3 Å². The lowest BCUT2D eigenvalue weighted by Crippen LogP contribution is -2.26. The van der Waals surface area contributed by atoms with E-state index in [2.05, 4.69) is 10.4 Å². The molecular formula is C20H20N4O3S. The molecule has 0 aliphatic carbocycles. The van der Waals surface area contributed by atoms with E-state index >= 15 is 0 Å². The Morgan fingerprint density at radius 1 is 1.07 bits per heavy atom. The number of anilines is 1. The standard InChI is InChI=1S/C20H20N4O3S/c25-20(17-6-4-9-19(12-17)24-10-5-11-28(24,26)27)21-13-16-14-22-23(15-16)18-7-2-1-3-8-18/h1-4,6-9,12,14-15H,5,10-11,13H2,(H,21,25). The van der Waals surface area contributed by atoms with Gasteiger partial charge in [0.25, 0.3) is 5.91 Å². The molecule has 1 N–H and O–H groups in total. The van der Waals surface area contributed by atoms with Gasteiger partial charge < -0.3 is 5.32 Å². The van der Waals surface area contributed by atoms with Crippen molar-refractivity contribution in [3.63, 3.8) is 0 Å². The van der Waals surface area contributed by atoms with E-state index in [0.717, 1.165) is 11.3 Å². The molecule has 2 heterocycles. The fourth-order valence-corrected chi connectivity index (χ4v) is 4.75. The van der Waals surface area contributed by atoms with Gasteiger partial charge in [-0.2, -0.15) is 5.10 Å². The van der Waals surface area contributed by atoms with Gasteiger partial charge in [0.15, 0.2) is 0 Å². The van der Waals surface area contributed by atoms with Gasteiger partial charge in [0.2, 0.25) is 10.0 Å². The quantitative estimate of drug-likeness (QED) is 0.717. The third-order valence-electron chi connectivity index (χ3n) is 4.61. The third-order valence-corrected chi connectivity index (χ3v) is 6.48. The SMILES string of the molecule is O=C(NCc1cnn(-c2ccccc2)c1)c1cccc(N2CCCS2(=O)=O)c1. The Kier molecular flexibility index (Phi) is 4.87. The van der Waals surface area contributed by atoms with Crippen LogP contribution in [0.15, 0.2) is 67.0 Å².